The van der Waals surface area contributed by atoms with Crippen LogP contribution >= 0.6 is 11.6 Å². The van der Waals surface area contributed by atoms with Crippen molar-refractivity contribution >= 4 is 11.6 Å². The minimum Gasteiger partial charge on any atom is -0.474 e. The minimum absolute atomic E-state index is 0.155. The summed E-state index contributed by atoms with van der Waals surface area (Å²) in [5.41, 5.74) is 0.872. The molecule has 0 bridgehead atoms. The SMILES string of the molecule is CC(C)C(C)Oc1ccc(Cl)c(CNC2CC2)n1. The van der Waals surface area contributed by atoms with Gasteiger partial charge in [-0.15, -0.1) is 0 Å². The molecule has 0 radical (unpaired) electrons. The van der Waals surface area contributed by atoms with Gasteiger partial charge in [-0.2, -0.15) is 0 Å². The van der Waals surface area contributed by atoms with E-state index in [9.17, 15) is 0 Å². The predicted molar refractivity (Wildman–Crippen MR) is 74.0 cm³/mol. The number of pyridine rings is 1. The molecule has 1 N–H and O–H groups in total. The van der Waals surface area contributed by atoms with Gasteiger partial charge in [-0.3, -0.25) is 0 Å². The first-order chi connectivity index (χ1) is 8.56. The van der Waals surface area contributed by atoms with E-state index in [-0.39, 0.29) is 6.10 Å². The maximum Gasteiger partial charge on any atom is 0.213 e. The van der Waals surface area contributed by atoms with Crippen molar-refractivity contribution in [2.24, 2.45) is 5.92 Å². The highest BCUT2D eigenvalue weighted by Gasteiger charge is 2.21. The van der Waals surface area contributed by atoms with Gasteiger partial charge in [-0.1, -0.05) is 25.4 Å². The van der Waals surface area contributed by atoms with Gasteiger partial charge in [-0.05, 0) is 31.7 Å². The maximum absolute atomic E-state index is 6.14. The third kappa shape index (κ3) is 3.85. The van der Waals surface area contributed by atoms with Gasteiger partial charge in [0.15, 0.2) is 0 Å². The van der Waals surface area contributed by atoms with Crippen LogP contribution in [0.25, 0.3) is 0 Å². The highest BCUT2D eigenvalue weighted by Crippen LogP contribution is 2.23. The Hall–Kier alpha value is -0.800. The lowest BCUT2D eigenvalue weighted by atomic mass is 10.1. The standard InChI is InChI=1S/C14H21ClN2O/c1-9(2)10(3)18-14-7-6-12(15)13(17-14)8-16-11-4-5-11/h6-7,9-11,16H,4-5,8H2,1-3H3. The van der Waals surface area contributed by atoms with Crippen LogP contribution in [0.3, 0.4) is 0 Å². The molecule has 1 aliphatic carbocycles. The molecule has 1 fully saturated rings. The van der Waals surface area contributed by atoms with E-state index in [1.165, 1.54) is 12.8 Å². The zero-order chi connectivity index (χ0) is 13.1. The van der Waals surface area contributed by atoms with Crippen LogP contribution in [0.15, 0.2) is 12.1 Å². The summed E-state index contributed by atoms with van der Waals surface area (Å²) >= 11 is 6.14. The molecule has 1 aromatic rings. The van der Waals surface area contributed by atoms with Crippen LogP contribution < -0.4 is 10.1 Å². The lowest BCUT2D eigenvalue weighted by Crippen LogP contribution is -2.20. The van der Waals surface area contributed by atoms with E-state index in [4.69, 9.17) is 16.3 Å². The van der Waals surface area contributed by atoms with Crippen molar-refractivity contribution in [1.29, 1.82) is 0 Å². The van der Waals surface area contributed by atoms with Gasteiger partial charge in [0.25, 0.3) is 0 Å². The molecule has 0 saturated heterocycles. The van der Waals surface area contributed by atoms with Crippen molar-refractivity contribution in [1.82, 2.24) is 10.3 Å². The van der Waals surface area contributed by atoms with Crippen molar-refractivity contribution in [3.8, 4) is 5.88 Å². The number of nitrogens with one attached hydrogen (secondary N) is 1. The van der Waals surface area contributed by atoms with Gasteiger partial charge in [0.05, 0.1) is 16.8 Å². The second-order valence-electron chi connectivity index (χ2n) is 5.30. The first-order valence-electron chi connectivity index (χ1n) is 6.61. The average Bonchev–Trinajstić information content (AvgIpc) is 3.13. The number of aromatic nitrogens is 1. The van der Waals surface area contributed by atoms with Crippen molar-refractivity contribution in [3.05, 3.63) is 22.8 Å². The minimum atomic E-state index is 0.155. The average molecular weight is 269 g/mol. The molecule has 1 atom stereocenters. The molecule has 1 unspecified atom stereocenters. The monoisotopic (exact) mass is 268 g/mol. The van der Waals surface area contributed by atoms with Crippen molar-refractivity contribution < 1.29 is 4.74 Å². The summed E-state index contributed by atoms with van der Waals surface area (Å²) in [6.07, 6.45) is 2.68. The quantitative estimate of drug-likeness (QED) is 0.859. The Labute approximate surface area is 114 Å². The molecule has 100 valence electrons. The summed E-state index contributed by atoms with van der Waals surface area (Å²) in [4.78, 5) is 4.48. The molecule has 0 aromatic carbocycles. The van der Waals surface area contributed by atoms with Crippen LogP contribution in [0.4, 0.5) is 0 Å². The summed E-state index contributed by atoms with van der Waals surface area (Å²) in [6.45, 7) is 7.05. The van der Waals surface area contributed by atoms with Gasteiger partial charge in [0.2, 0.25) is 5.88 Å². The molecule has 1 heterocycles. The summed E-state index contributed by atoms with van der Waals surface area (Å²) in [7, 11) is 0. The lowest BCUT2D eigenvalue weighted by molar-refractivity contribution is 0.163. The van der Waals surface area contributed by atoms with Crippen LogP contribution in [-0.2, 0) is 6.54 Å². The fraction of sp³-hybridized carbons (Fsp3) is 0.643. The van der Waals surface area contributed by atoms with E-state index in [0.717, 1.165) is 12.2 Å². The molecule has 4 heteroatoms. The molecule has 0 aliphatic heterocycles. The van der Waals surface area contributed by atoms with Crippen LogP contribution in [0.1, 0.15) is 39.3 Å². The third-order valence-corrected chi connectivity index (χ3v) is 3.62. The van der Waals surface area contributed by atoms with E-state index in [2.05, 4.69) is 31.1 Å². The topological polar surface area (TPSA) is 34.1 Å². The van der Waals surface area contributed by atoms with Gasteiger partial charge in [0.1, 0.15) is 0 Å². The fourth-order valence-electron chi connectivity index (χ4n) is 1.51. The number of halogens is 1. The zero-order valence-electron chi connectivity index (χ0n) is 11.2. The van der Waals surface area contributed by atoms with E-state index < -0.39 is 0 Å². The molecule has 1 aromatic heterocycles. The number of nitrogens with zero attached hydrogens (tertiary/aromatic N) is 1. The predicted octanol–water partition coefficient (Wildman–Crippen LogP) is 3.41. The summed E-state index contributed by atoms with van der Waals surface area (Å²) in [5.74, 6) is 1.13. The first kappa shape index (κ1) is 13.6. The van der Waals surface area contributed by atoms with E-state index >= 15 is 0 Å². The highest BCUT2D eigenvalue weighted by atomic mass is 35.5. The van der Waals surface area contributed by atoms with Gasteiger partial charge < -0.3 is 10.1 Å². The maximum atomic E-state index is 6.14. The second kappa shape index (κ2) is 5.89. The van der Waals surface area contributed by atoms with Crippen LogP contribution in [0, 0.1) is 5.92 Å². The molecule has 3 nitrogen and oxygen atoms in total. The van der Waals surface area contributed by atoms with E-state index in [0.29, 0.717) is 22.9 Å². The highest BCUT2D eigenvalue weighted by molar-refractivity contribution is 6.31. The van der Waals surface area contributed by atoms with Crippen LogP contribution in [-0.4, -0.2) is 17.1 Å². The van der Waals surface area contributed by atoms with Crippen molar-refractivity contribution in [2.45, 2.75) is 52.3 Å². The van der Waals surface area contributed by atoms with Gasteiger partial charge in [-0.25, -0.2) is 4.98 Å². The number of hydrogen-bond donors (Lipinski definition) is 1. The van der Waals surface area contributed by atoms with Crippen molar-refractivity contribution in [2.75, 3.05) is 0 Å². The Morgan fingerprint density at radius 3 is 2.72 bits per heavy atom. The smallest absolute Gasteiger partial charge is 0.213 e. The molecule has 0 amide bonds. The molecule has 0 spiro atoms. The van der Waals surface area contributed by atoms with Crippen LogP contribution in [0.5, 0.6) is 5.88 Å². The Bertz CT molecular complexity index is 405. The fourth-order valence-corrected chi connectivity index (χ4v) is 1.68. The Kier molecular flexibility index (Phi) is 4.46. The van der Waals surface area contributed by atoms with Crippen molar-refractivity contribution in [3.63, 3.8) is 0 Å². The molecule has 2 rings (SSSR count). The lowest BCUT2D eigenvalue weighted by Gasteiger charge is -2.18. The first-order valence-corrected chi connectivity index (χ1v) is 6.99. The molecular formula is C14H21ClN2O. The second-order valence-corrected chi connectivity index (χ2v) is 5.71. The number of rotatable bonds is 6. The van der Waals surface area contributed by atoms with E-state index in [1.807, 2.05) is 12.1 Å². The van der Waals surface area contributed by atoms with E-state index in [1.54, 1.807) is 0 Å². The Morgan fingerprint density at radius 1 is 1.39 bits per heavy atom. The molecule has 1 aliphatic rings. The Morgan fingerprint density at radius 2 is 2.11 bits per heavy atom. The largest absolute Gasteiger partial charge is 0.474 e. The normalized spacial score (nSPS) is 16.9. The van der Waals surface area contributed by atoms with Gasteiger partial charge >= 0.3 is 0 Å². The summed E-state index contributed by atoms with van der Waals surface area (Å²) < 4.78 is 5.80. The molecular weight excluding hydrogens is 248 g/mol. The zero-order valence-corrected chi connectivity index (χ0v) is 12.0. The molecule has 1 saturated carbocycles. The third-order valence-electron chi connectivity index (χ3n) is 3.27. The van der Waals surface area contributed by atoms with Crippen LogP contribution in [0.2, 0.25) is 5.02 Å². The number of hydrogen-bond acceptors (Lipinski definition) is 3. The molecule has 18 heavy (non-hydrogen) atoms. The Balaban J connectivity index is 1.99. The van der Waals surface area contributed by atoms with Gasteiger partial charge in [0, 0.05) is 18.7 Å². The number of ether oxygens (including phenoxy) is 1. The summed E-state index contributed by atoms with van der Waals surface area (Å²) in [6, 6.07) is 4.35. The summed E-state index contributed by atoms with van der Waals surface area (Å²) in [5, 5.41) is 4.12.